The summed E-state index contributed by atoms with van der Waals surface area (Å²) in [6.07, 6.45) is 0.238. The fourth-order valence-corrected chi connectivity index (χ4v) is 3.13. The van der Waals surface area contributed by atoms with Gasteiger partial charge in [-0.25, -0.2) is 4.79 Å². The molecule has 2 amide bonds. The summed E-state index contributed by atoms with van der Waals surface area (Å²) in [6, 6.07) is 15.0. The minimum atomic E-state index is -0.236. The molecule has 2 aromatic rings. The van der Waals surface area contributed by atoms with Gasteiger partial charge in [0.15, 0.2) is 0 Å². The Kier molecular flexibility index (Phi) is 6.01. The van der Waals surface area contributed by atoms with Gasteiger partial charge in [0.1, 0.15) is 0 Å². The molecule has 1 aliphatic heterocycles. The summed E-state index contributed by atoms with van der Waals surface area (Å²) in [4.78, 5) is 14.5. The Morgan fingerprint density at radius 1 is 1.19 bits per heavy atom. The molecular formula is C20H24ClN3O2. The molecule has 138 valence electrons. The average molecular weight is 374 g/mol. The molecule has 2 unspecified atom stereocenters. The van der Waals surface area contributed by atoms with Crippen LogP contribution in [0.3, 0.4) is 0 Å². The molecule has 2 atom stereocenters. The average Bonchev–Trinajstić information content (AvgIpc) is 2.62. The van der Waals surface area contributed by atoms with Gasteiger partial charge in [-0.1, -0.05) is 23.7 Å². The van der Waals surface area contributed by atoms with Crippen LogP contribution in [0.1, 0.15) is 25.5 Å². The zero-order valence-electron chi connectivity index (χ0n) is 15.0. The zero-order chi connectivity index (χ0) is 18.5. The van der Waals surface area contributed by atoms with Gasteiger partial charge in [0.2, 0.25) is 0 Å². The van der Waals surface area contributed by atoms with Crippen molar-refractivity contribution in [1.82, 2.24) is 5.32 Å². The van der Waals surface area contributed by atoms with Crippen molar-refractivity contribution in [2.75, 3.05) is 29.9 Å². The number of anilines is 2. The summed E-state index contributed by atoms with van der Waals surface area (Å²) in [5.41, 5.74) is 2.90. The highest BCUT2D eigenvalue weighted by Gasteiger charge is 2.17. The van der Waals surface area contributed by atoms with E-state index in [2.05, 4.69) is 22.5 Å². The van der Waals surface area contributed by atoms with Crippen LogP contribution in [0.15, 0.2) is 48.5 Å². The minimum Gasteiger partial charge on any atom is -0.375 e. The van der Waals surface area contributed by atoms with E-state index < -0.39 is 0 Å². The first-order valence-electron chi connectivity index (χ1n) is 8.81. The van der Waals surface area contributed by atoms with Gasteiger partial charge in [-0.3, -0.25) is 0 Å². The molecule has 2 N–H and O–H groups in total. The van der Waals surface area contributed by atoms with Gasteiger partial charge in [0.25, 0.3) is 0 Å². The third-order valence-corrected chi connectivity index (χ3v) is 4.70. The molecule has 0 radical (unpaired) electrons. The van der Waals surface area contributed by atoms with Crippen LogP contribution in [0.5, 0.6) is 0 Å². The van der Waals surface area contributed by atoms with E-state index in [0.29, 0.717) is 5.02 Å². The van der Waals surface area contributed by atoms with Gasteiger partial charge < -0.3 is 20.3 Å². The maximum absolute atomic E-state index is 12.2. The molecule has 1 fully saturated rings. The van der Waals surface area contributed by atoms with E-state index in [1.54, 1.807) is 0 Å². The van der Waals surface area contributed by atoms with E-state index in [4.69, 9.17) is 16.3 Å². The first-order chi connectivity index (χ1) is 12.5. The van der Waals surface area contributed by atoms with Crippen molar-refractivity contribution in [1.29, 1.82) is 0 Å². The topological polar surface area (TPSA) is 53.6 Å². The zero-order valence-corrected chi connectivity index (χ0v) is 15.8. The molecule has 0 bridgehead atoms. The fourth-order valence-electron chi connectivity index (χ4n) is 3.01. The van der Waals surface area contributed by atoms with Crippen molar-refractivity contribution < 1.29 is 9.53 Å². The highest BCUT2D eigenvalue weighted by Crippen LogP contribution is 2.21. The summed E-state index contributed by atoms with van der Waals surface area (Å²) >= 11 is 5.90. The predicted octanol–water partition coefficient (Wildman–Crippen LogP) is 4.45. The molecule has 6 heteroatoms. The fraction of sp³-hybridized carbons (Fsp3) is 0.350. The highest BCUT2D eigenvalue weighted by atomic mass is 35.5. The van der Waals surface area contributed by atoms with Crippen LogP contribution in [0, 0.1) is 0 Å². The maximum Gasteiger partial charge on any atom is 0.319 e. The molecule has 2 aromatic carbocycles. The van der Waals surface area contributed by atoms with Crippen LogP contribution in [0.4, 0.5) is 16.2 Å². The Morgan fingerprint density at radius 3 is 2.54 bits per heavy atom. The van der Waals surface area contributed by atoms with Crippen LogP contribution in [-0.4, -0.2) is 31.8 Å². The normalized spacial score (nSPS) is 18.3. The minimum absolute atomic E-state index is 0.110. The monoisotopic (exact) mass is 373 g/mol. The van der Waals surface area contributed by atoms with Crippen LogP contribution >= 0.6 is 11.6 Å². The van der Waals surface area contributed by atoms with Gasteiger partial charge in [0, 0.05) is 29.5 Å². The summed E-state index contributed by atoms with van der Waals surface area (Å²) in [7, 11) is 0. The number of nitrogens with zero attached hydrogens (tertiary/aromatic N) is 1. The first kappa shape index (κ1) is 18.5. The van der Waals surface area contributed by atoms with E-state index in [1.807, 2.05) is 55.5 Å². The molecule has 1 heterocycles. The first-order valence-corrected chi connectivity index (χ1v) is 9.18. The van der Waals surface area contributed by atoms with Crippen molar-refractivity contribution in [3.8, 4) is 0 Å². The molecule has 1 saturated heterocycles. The van der Waals surface area contributed by atoms with Gasteiger partial charge in [-0.15, -0.1) is 0 Å². The van der Waals surface area contributed by atoms with E-state index in [9.17, 15) is 4.79 Å². The quantitative estimate of drug-likeness (QED) is 0.832. The van der Waals surface area contributed by atoms with Gasteiger partial charge in [-0.2, -0.15) is 0 Å². The Labute approximate surface area is 159 Å². The Bertz CT molecular complexity index is 734. The number of benzene rings is 2. The number of carbonyl (C=O) groups excluding carboxylic acids is 1. The smallest absolute Gasteiger partial charge is 0.319 e. The number of ether oxygens (including phenoxy) is 1. The number of amides is 2. The number of hydrogen-bond acceptors (Lipinski definition) is 3. The van der Waals surface area contributed by atoms with Crippen molar-refractivity contribution in [2.45, 2.75) is 26.0 Å². The van der Waals surface area contributed by atoms with Gasteiger partial charge in [-0.05, 0) is 55.8 Å². The largest absolute Gasteiger partial charge is 0.375 e. The van der Waals surface area contributed by atoms with Crippen LogP contribution in [0.2, 0.25) is 5.02 Å². The van der Waals surface area contributed by atoms with Crippen LogP contribution in [0.25, 0.3) is 0 Å². The molecule has 1 aliphatic rings. The lowest BCUT2D eigenvalue weighted by Crippen LogP contribution is -2.41. The molecule has 0 aromatic heterocycles. The summed E-state index contributed by atoms with van der Waals surface area (Å²) in [5, 5.41) is 6.48. The molecular weight excluding hydrogens is 350 g/mol. The molecule has 0 spiro atoms. The van der Waals surface area contributed by atoms with Gasteiger partial charge >= 0.3 is 6.03 Å². The predicted molar refractivity (Wildman–Crippen MR) is 106 cm³/mol. The highest BCUT2D eigenvalue weighted by molar-refractivity contribution is 6.30. The van der Waals surface area contributed by atoms with Crippen molar-refractivity contribution in [3.05, 3.63) is 59.1 Å². The molecule has 26 heavy (non-hydrogen) atoms. The number of nitrogens with one attached hydrogen (secondary N) is 2. The summed E-state index contributed by atoms with van der Waals surface area (Å²) in [5.74, 6) is 0. The summed E-state index contributed by atoms with van der Waals surface area (Å²) in [6.45, 7) is 6.52. The Morgan fingerprint density at radius 2 is 1.88 bits per heavy atom. The van der Waals surface area contributed by atoms with Crippen molar-refractivity contribution >= 4 is 29.0 Å². The van der Waals surface area contributed by atoms with Crippen LogP contribution < -0.4 is 15.5 Å². The second kappa shape index (κ2) is 8.43. The lowest BCUT2D eigenvalue weighted by Gasteiger charge is -2.33. The van der Waals surface area contributed by atoms with E-state index in [-0.39, 0.29) is 18.2 Å². The Hall–Kier alpha value is -2.24. The number of rotatable bonds is 4. The maximum atomic E-state index is 12.2. The van der Waals surface area contributed by atoms with E-state index in [1.165, 1.54) is 0 Å². The lowest BCUT2D eigenvalue weighted by molar-refractivity contribution is 0.0532. The standard InChI is InChI=1S/C20H24ClN3O2/c1-14-13-24(11-12-26-14)19-9-7-18(8-10-19)23-20(25)22-15(2)16-3-5-17(21)6-4-16/h3-10,14-15H,11-13H2,1-2H3,(H2,22,23,25). The number of morpholine rings is 1. The lowest BCUT2D eigenvalue weighted by atomic mass is 10.1. The summed E-state index contributed by atoms with van der Waals surface area (Å²) < 4.78 is 5.57. The number of halogens is 1. The molecule has 0 aliphatic carbocycles. The molecule has 0 saturated carbocycles. The second-order valence-electron chi connectivity index (χ2n) is 6.55. The molecule has 3 rings (SSSR count). The Balaban J connectivity index is 1.55. The number of carbonyl (C=O) groups is 1. The molecule has 5 nitrogen and oxygen atoms in total. The van der Waals surface area contributed by atoms with Crippen molar-refractivity contribution in [2.24, 2.45) is 0 Å². The van der Waals surface area contributed by atoms with Crippen LogP contribution in [-0.2, 0) is 4.74 Å². The number of hydrogen-bond donors (Lipinski definition) is 2. The van der Waals surface area contributed by atoms with Crippen molar-refractivity contribution in [3.63, 3.8) is 0 Å². The third-order valence-electron chi connectivity index (χ3n) is 4.45. The van der Waals surface area contributed by atoms with Gasteiger partial charge in [0.05, 0.1) is 18.8 Å². The number of urea groups is 1. The third kappa shape index (κ3) is 4.90. The second-order valence-corrected chi connectivity index (χ2v) is 6.98. The van der Waals surface area contributed by atoms with E-state index in [0.717, 1.165) is 36.6 Å². The SMILES string of the molecule is CC1CN(c2ccc(NC(=O)NC(C)c3ccc(Cl)cc3)cc2)CCO1. The van der Waals surface area contributed by atoms with E-state index >= 15 is 0 Å².